The molecule has 0 aromatic carbocycles. The van der Waals surface area contributed by atoms with Crippen LogP contribution in [0.4, 0.5) is 0 Å². The van der Waals surface area contributed by atoms with E-state index in [-0.39, 0.29) is 5.91 Å². The van der Waals surface area contributed by atoms with Crippen molar-refractivity contribution in [3.8, 4) is 0 Å². The highest BCUT2D eigenvalue weighted by Crippen LogP contribution is 2.00. The fourth-order valence-electron chi connectivity index (χ4n) is 0.931. The van der Waals surface area contributed by atoms with E-state index in [9.17, 15) is 9.59 Å². The summed E-state index contributed by atoms with van der Waals surface area (Å²) in [4.78, 5) is 23.6. The summed E-state index contributed by atoms with van der Waals surface area (Å²) < 4.78 is 0. The van der Waals surface area contributed by atoms with Crippen LogP contribution in [0.3, 0.4) is 0 Å². The Hall–Kier alpha value is -1.06. The van der Waals surface area contributed by atoms with E-state index >= 15 is 0 Å². The Morgan fingerprint density at radius 2 is 1.75 bits per heavy atom. The van der Waals surface area contributed by atoms with Gasteiger partial charge >= 0.3 is 0 Å². The molecule has 0 bridgehead atoms. The normalized spacial score (nSPS) is 12.2. The number of carbonyl (C=O) groups is 2. The first kappa shape index (κ1) is 10.9. The molecule has 0 aromatic rings. The molecule has 4 nitrogen and oxygen atoms in total. The minimum absolute atomic E-state index is 0.187. The molecule has 1 unspecified atom stereocenters. The summed E-state index contributed by atoms with van der Waals surface area (Å²) in [6.07, 6.45) is 0. The van der Waals surface area contributed by atoms with Crippen molar-refractivity contribution >= 4 is 11.8 Å². The number of amides is 2. The molecule has 70 valence electrons. The summed E-state index contributed by atoms with van der Waals surface area (Å²) in [6.45, 7) is 6.51. The van der Waals surface area contributed by atoms with Gasteiger partial charge in [0.2, 0.25) is 11.8 Å². The van der Waals surface area contributed by atoms with E-state index in [0.29, 0.717) is 13.1 Å². The highest BCUT2D eigenvalue weighted by molar-refractivity contribution is 5.99. The van der Waals surface area contributed by atoms with E-state index < -0.39 is 11.8 Å². The number of nitrogens with zero attached hydrogens (tertiary/aromatic N) is 1. The number of carbonyl (C=O) groups excluding carboxylic acids is 2. The maximum absolute atomic E-state index is 11.4. The lowest BCUT2D eigenvalue weighted by molar-refractivity contribution is -0.139. The molecule has 2 N–H and O–H groups in total. The van der Waals surface area contributed by atoms with Gasteiger partial charge < -0.3 is 10.6 Å². The molecular formula is C8H16N2O2. The standard InChI is InChI=1S/C8H16N2O2/c1-4-10(5-2)8(12)6(3)7(9)11/h6H,4-5H2,1-3H3,(H2,9,11). The number of rotatable bonds is 4. The first-order valence-electron chi connectivity index (χ1n) is 4.12. The number of hydrogen-bond donors (Lipinski definition) is 1. The fourth-order valence-corrected chi connectivity index (χ4v) is 0.931. The molecule has 2 amide bonds. The lowest BCUT2D eigenvalue weighted by atomic mass is 10.1. The molecule has 4 heteroatoms. The van der Waals surface area contributed by atoms with Crippen LogP contribution in [0.15, 0.2) is 0 Å². The molecule has 0 fully saturated rings. The van der Waals surface area contributed by atoms with Gasteiger partial charge in [0.25, 0.3) is 0 Å². The molecule has 0 rings (SSSR count). The summed E-state index contributed by atoms with van der Waals surface area (Å²) in [5.74, 6) is -1.45. The van der Waals surface area contributed by atoms with E-state index in [2.05, 4.69) is 0 Å². The SMILES string of the molecule is CCN(CC)C(=O)C(C)C(N)=O. The number of primary amides is 1. The van der Waals surface area contributed by atoms with E-state index in [4.69, 9.17) is 5.73 Å². The maximum atomic E-state index is 11.4. The van der Waals surface area contributed by atoms with Gasteiger partial charge in [0.05, 0.1) is 0 Å². The monoisotopic (exact) mass is 172 g/mol. The lowest BCUT2D eigenvalue weighted by Crippen LogP contribution is -2.40. The highest BCUT2D eigenvalue weighted by Gasteiger charge is 2.22. The van der Waals surface area contributed by atoms with E-state index in [1.807, 2.05) is 13.8 Å². The Morgan fingerprint density at radius 3 is 2.00 bits per heavy atom. The molecule has 1 atom stereocenters. The van der Waals surface area contributed by atoms with Crippen LogP contribution >= 0.6 is 0 Å². The molecule has 12 heavy (non-hydrogen) atoms. The molecule has 0 aliphatic carbocycles. The van der Waals surface area contributed by atoms with Crippen LogP contribution in [0.2, 0.25) is 0 Å². The van der Waals surface area contributed by atoms with E-state index in [0.717, 1.165) is 0 Å². The zero-order valence-electron chi connectivity index (χ0n) is 7.83. The van der Waals surface area contributed by atoms with Crippen LogP contribution in [0.25, 0.3) is 0 Å². The van der Waals surface area contributed by atoms with E-state index in [1.54, 1.807) is 4.90 Å². The van der Waals surface area contributed by atoms with Crippen LogP contribution in [0, 0.1) is 5.92 Å². The minimum Gasteiger partial charge on any atom is -0.369 e. The molecule has 0 saturated carbocycles. The summed E-state index contributed by atoms with van der Waals surface area (Å²) in [7, 11) is 0. The molecule has 0 radical (unpaired) electrons. The largest absolute Gasteiger partial charge is 0.369 e. The van der Waals surface area contributed by atoms with Gasteiger partial charge in [-0.2, -0.15) is 0 Å². The van der Waals surface area contributed by atoms with Crippen LogP contribution in [-0.4, -0.2) is 29.8 Å². The Kier molecular flexibility index (Phi) is 4.33. The fraction of sp³-hybridized carbons (Fsp3) is 0.750. The van der Waals surface area contributed by atoms with Crippen molar-refractivity contribution in [3.63, 3.8) is 0 Å². The molecular weight excluding hydrogens is 156 g/mol. The average molecular weight is 172 g/mol. The van der Waals surface area contributed by atoms with Crippen molar-refractivity contribution in [2.75, 3.05) is 13.1 Å². The van der Waals surface area contributed by atoms with Crippen molar-refractivity contribution in [1.82, 2.24) is 4.90 Å². The van der Waals surface area contributed by atoms with Gasteiger partial charge in [-0.25, -0.2) is 0 Å². The Balaban J connectivity index is 4.25. The Labute approximate surface area is 72.7 Å². The van der Waals surface area contributed by atoms with Gasteiger partial charge in [-0.05, 0) is 20.8 Å². The summed E-state index contributed by atoms with van der Waals surface area (Å²) in [6, 6.07) is 0. The van der Waals surface area contributed by atoms with Crippen LogP contribution in [0.1, 0.15) is 20.8 Å². The third kappa shape index (κ3) is 2.53. The highest BCUT2D eigenvalue weighted by atomic mass is 16.2. The topological polar surface area (TPSA) is 63.4 Å². The van der Waals surface area contributed by atoms with Crippen molar-refractivity contribution in [2.45, 2.75) is 20.8 Å². The second-order valence-electron chi connectivity index (χ2n) is 2.63. The van der Waals surface area contributed by atoms with Gasteiger partial charge in [-0.15, -0.1) is 0 Å². The third-order valence-corrected chi connectivity index (χ3v) is 1.87. The molecule has 0 heterocycles. The predicted octanol–water partition coefficient (Wildman–Crippen LogP) is -0.0238. The molecule has 0 aliphatic rings. The van der Waals surface area contributed by atoms with E-state index in [1.165, 1.54) is 6.92 Å². The molecule has 0 spiro atoms. The van der Waals surface area contributed by atoms with Crippen molar-refractivity contribution in [2.24, 2.45) is 11.7 Å². The third-order valence-electron chi connectivity index (χ3n) is 1.87. The first-order chi connectivity index (χ1) is 5.54. The maximum Gasteiger partial charge on any atom is 0.234 e. The zero-order valence-corrected chi connectivity index (χ0v) is 7.83. The average Bonchev–Trinajstić information content (AvgIpc) is 2.05. The van der Waals surface area contributed by atoms with Crippen molar-refractivity contribution in [1.29, 1.82) is 0 Å². The summed E-state index contributed by atoms with van der Waals surface area (Å²) in [5, 5.41) is 0. The quantitative estimate of drug-likeness (QED) is 0.605. The number of hydrogen-bond acceptors (Lipinski definition) is 2. The van der Waals surface area contributed by atoms with Gasteiger partial charge in [0.1, 0.15) is 5.92 Å². The molecule has 0 aromatic heterocycles. The zero-order chi connectivity index (χ0) is 9.72. The van der Waals surface area contributed by atoms with Crippen molar-refractivity contribution < 1.29 is 9.59 Å². The Morgan fingerprint density at radius 1 is 1.33 bits per heavy atom. The second kappa shape index (κ2) is 4.74. The molecule has 0 aliphatic heterocycles. The van der Waals surface area contributed by atoms with Gasteiger partial charge in [-0.1, -0.05) is 0 Å². The van der Waals surface area contributed by atoms with Gasteiger partial charge in [0.15, 0.2) is 0 Å². The van der Waals surface area contributed by atoms with Gasteiger partial charge in [0, 0.05) is 13.1 Å². The second-order valence-corrected chi connectivity index (χ2v) is 2.63. The Bertz CT molecular complexity index is 176. The summed E-state index contributed by atoms with van der Waals surface area (Å²) in [5.41, 5.74) is 5.00. The lowest BCUT2D eigenvalue weighted by Gasteiger charge is -2.20. The van der Waals surface area contributed by atoms with Crippen molar-refractivity contribution in [3.05, 3.63) is 0 Å². The van der Waals surface area contributed by atoms with Crippen LogP contribution < -0.4 is 5.73 Å². The van der Waals surface area contributed by atoms with Gasteiger partial charge in [-0.3, -0.25) is 9.59 Å². The smallest absolute Gasteiger partial charge is 0.234 e. The number of nitrogens with two attached hydrogens (primary N) is 1. The molecule has 0 saturated heterocycles. The summed E-state index contributed by atoms with van der Waals surface area (Å²) >= 11 is 0. The minimum atomic E-state index is -0.704. The van der Waals surface area contributed by atoms with Crippen LogP contribution in [-0.2, 0) is 9.59 Å². The first-order valence-corrected chi connectivity index (χ1v) is 4.12. The van der Waals surface area contributed by atoms with Crippen LogP contribution in [0.5, 0.6) is 0 Å². The predicted molar refractivity (Wildman–Crippen MR) is 46.3 cm³/mol.